The van der Waals surface area contributed by atoms with E-state index >= 15 is 0 Å². The van der Waals surface area contributed by atoms with Crippen LogP contribution in [-0.4, -0.2) is 37.1 Å². The summed E-state index contributed by atoms with van der Waals surface area (Å²) in [4.78, 5) is 2.57. The number of hydrogen-bond donors (Lipinski definition) is 1. The van der Waals surface area contributed by atoms with Gasteiger partial charge >= 0.3 is 0 Å². The number of likely N-dealkylation sites (tertiary alicyclic amines) is 1. The van der Waals surface area contributed by atoms with Gasteiger partial charge in [-0.15, -0.1) is 0 Å². The second kappa shape index (κ2) is 2.76. The third-order valence-electron chi connectivity index (χ3n) is 3.32. The summed E-state index contributed by atoms with van der Waals surface area (Å²) in [5.74, 6) is 0. The van der Waals surface area contributed by atoms with Crippen LogP contribution in [0.2, 0.25) is 0 Å². The summed E-state index contributed by atoms with van der Waals surface area (Å²) in [5.41, 5.74) is 0.514. The van der Waals surface area contributed by atoms with E-state index in [1.807, 2.05) is 0 Å². The monoisotopic (exact) mass is 154 g/mol. The Balaban J connectivity index is 1.81. The molecule has 0 radical (unpaired) electrons. The quantitative estimate of drug-likeness (QED) is 0.648. The molecule has 2 aliphatic rings. The number of nitrogens with zero attached hydrogens (tertiary/aromatic N) is 1. The Bertz CT molecular complexity index is 131. The lowest BCUT2D eigenvalue weighted by Crippen LogP contribution is -2.59. The lowest BCUT2D eigenvalue weighted by atomic mass is 9.76. The first-order valence-corrected chi connectivity index (χ1v) is 4.76. The molecule has 2 rings (SSSR count). The van der Waals surface area contributed by atoms with E-state index in [0.29, 0.717) is 5.54 Å². The molecule has 1 N–H and O–H groups in total. The van der Waals surface area contributed by atoms with Gasteiger partial charge in [-0.3, -0.25) is 0 Å². The van der Waals surface area contributed by atoms with Crippen molar-refractivity contribution in [3.63, 3.8) is 0 Å². The highest BCUT2D eigenvalue weighted by Crippen LogP contribution is 2.33. The molecule has 0 amide bonds. The smallest absolute Gasteiger partial charge is 0.0306 e. The number of likely N-dealkylation sites (N-methyl/N-ethyl adjacent to an activating group) is 1. The maximum Gasteiger partial charge on any atom is 0.0306 e. The number of hydrogen-bond acceptors (Lipinski definition) is 2. The molecular formula is C9H18N2. The highest BCUT2D eigenvalue weighted by atomic mass is 15.2. The first kappa shape index (κ1) is 7.56. The van der Waals surface area contributed by atoms with Crippen LogP contribution < -0.4 is 5.32 Å². The third-order valence-corrected chi connectivity index (χ3v) is 3.32. The predicted molar refractivity (Wildman–Crippen MR) is 46.7 cm³/mol. The van der Waals surface area contributed by atoms with Crippen molar-refractivity contribution in [2.24, 2.45) is 0 Å². The average molecular weight is 154 g/mol. The molecule has 11 heavy (non-hydrogen) atoms. The molecule has 2 fully saturated rings. The fraction of sp³-hybridized carbons (Fsp3) is 1.00. The lowest BCUT2D eigenvalue weighted by molar-refractivity contribution is 0.0780. The third kappa shape index (κ3) is 1.30. The summed E-state index contributed by atoms with van der Waals surface area (Å²) in [6, 6.07) is 0. The van der Waals surface area contributed by atoms with Crippen LogP contribution in [0.4, 0.5) is 0 Å². The molecule has 0 spiro atoms. The molecule has 0 bridgehead atoms. The molecule has 0 atom stereocenters. The van der Waals surface area contributed by atoms with E-state index in [2.05, 4.69) is 17.3 Å². The Morgan fingerprint density at radius 2 is 2.00 bits per heavy atom. The highest BCUT2D eigenvalue weighted by molar-refractivity contribution is 4.98. The van der Waals surface area contributed by atoms with E-state index in [-0.39, 0.29) is 0 Å². The Morgan fingerprint density at radius 1 is 1.27 bits per heavy atom. The zero-order valence-corrected chi connectivity index (χ0v) is 7.40. The topological polar surface area (TPSA) is 15.3 Å². The van der Waals surface area contributed by atoms with E-state index in [9.17, 15) is 0 Å². The molecule has 1 saturated heterocycles. The summed E-state index contributed by atoms with van der Waals surface area (Å²) in [6.07, 6.45) is 5.62. The van der Waals surface area contributed by atoms with Gasteiger partial charge in [0.15, 0.2) is 0 Å². The SMILES string of the molecule is CNC1(CN2CCC2)CCC1. The molecule has 2 heteroatoms. The fourth-order valence-corrected chi connectivity index (χ4v) is 2.06. The number of rotatable bonds is 3. The number of nitrogens with one attached hydrogen (secondary N) is 1. The normalized spacial score (nSPS) is 29.2. The predicted octanol–water partition coefficient (Wildman–Crippen LogP) is 0.834. The van der Waals surface area contributed by atoms with Crippen molar-refractivity contribution in [3.8, 4) is 0 Å². The maximum atomic E-state index is 3.47. The molecule has 0 aromatic rings. The largest absolute Gasteiger partial charge is 0.313 e. The van der Waals surface area contributed by atoms with Crippen LogP contribution in [0.25, 0.3) is 0 Å². The minimum atomic E-state index is 0.514. The van der Waals surface area contributed by atoms with Gasteiger partial charge in [0, 0.05) is 12.1 Å². The van der Waals surface area contributed by atoms with E-state index < -0.39 is 0 Å². The molecule has 1 saturated carbocycles. The van der Waals surface area contributed by atoms with Crippen molar-refractivity contribution < 1.29 is 0 Å². The Labute approximate surface area is 69.0 Å². The van der Waals surface area contributed by atoms with E-state index in [4.69, 9.17) is 0 Å². The van der Waals surface area contributed by atoms with Gasteiger partial charge < -0.3 is 10.2 Å². The van der Waals surface area contributed by atoms with Crippen molar-refractivity contribution in [2.45, 2.75) is 31.2 Å². The van der Waals surface area contributed by atoms with Gasteiger partial charge in [-0.2, -0.15) is 0 Å². The minimum Gasteiger partial charge on any atom is -0.313 e. The van der Waals surface area contributed by atoms with Gasteiger partial charge in [-0.05, 0) is 45.8 Å². The second-order valence-corrected chi connectivity index (χ2v) is 4.01. The van der Waals surface area contributed by atoms with Gasteiger partial charge in [-0.25, -0.2) is 0 Å². The first-order valence-electron chi connectivity index (χ1n) is 4.76. The van der Waals surface area contributed by atoms with Crippen molar-refractivity contribution in [1.82, 2.24) is 10.2 Å². The molecule has 1 aliphatic heterocycles. The zero-order valence-electron chi connectivity index (χ0n) is 7.40. The zero-order chi connectivity index (χ0) is 7.73. The van der Waals surface area contributed by atoms with Crippen molar-refractivity contribution in [3.05, 3.63) is 0 Å². The average Bonchev–Trinajstić information content (AvgIpc) is 1.83. The van der Waals surface area contributed by atoms with Gasteiger partial charge in [0.25, 0.3) is 0 Å². The van der Waals surface area contributed by atoms with Gasteiger partial charge in [0.05, 0.1) is 0 Å². The lowest BCUT2D eigenvalue weighted by Gasteiger charge is -2.47. The maximum absolute atomic E-state index is 3.47. The van der Waals surface area contributed by atoms with Gasteiger partial charge in [0.2, 0.25) is 0 Å². The molecule has 1 heterocycles. The van der Waals surface area contributed by atoms with Crippen LogP contribution in [0, 0.1) is 0 Å². The molecule has 64 valence electrons. The Hall–Kier alpha value is -0.0800. The molecule has 2 nitrogen and oxygen atoms in total. The fourth-order valence-electron chi connectivity index (χ4n) is 2.06. The van der Waals surface area contributed by atoms with Gasteiger partial charge in [-0.1, -0.05) is 0 Å². The van der Waals surface area contributed by atoms with Crippen LogP contribution in [0.5, 0.6) is 0 Å². The van der Waals surface area contributed by atoms with Crippen molar-refractivity contribution in [2.75, 3.05) is 26.7 Å². The van der Waals surface area contributed by atoms with Crippen LogP contribution in [0.15, 0.2) is 0 Å². The van der Waals surface area contributed by atoms with E-state index in [0.717, 1.165) is 0 Å². The van der Waals surface area contributed by atoms with Crippen LogP contribution in [-0.2, 0) is 0 Å². The van der Waals surface area contributed by atoms with E-state index in [1.165, 1.54) is 45.3 Å². The minimum absolute atomic E-state index is 0.514. The van der Waals surface area contributed by atoms with E-state index in [1.54, 1.807) is 0 Å². The van der Waals surface area contributed by atoms with Crippen LogP contribution >= 0.6 is 0 Å². The summed E-state index contributed by atoms with van der Waals surface area (Å²) in [7, 11) is 2.11. The highest BCUT2D eigenvalue weighted by Gasteiger charge is 2.37. The standard InChI is InChI=1S/C9H18N2/c1-10-9(4-2-5-9)8-11-6-3-7-11/h10H,2-8H2,1H3. The first-order chi connectivity index (χ1) is 5.35. The summed E-state index contributed by atoms with van der Waals surface area (Å²) >= 11 is 0. The summed E-state index contributed by atoms with van der Waals surface area (Å²) < 4.78 is 0. The van der Waals surface area contributed by atoms with Crippen molar-refractivity contribution in [1.29, 1.82) is 0 Å². The molecule has 0 aromatic carbocycles. The molecule has 1 aliphatic carbocycles. The van der Waals surface area contributed by atoms with Crippen LogP contribution in [0.1, 0.15) is 25.7 Å². The Kier molecular flexibility index (Phi) is 1.90. The van der Waals surface area contributed by atoms with Gasteiger partial charge in [0.1, 0.15) is 0 Å². The summed E-state index contributed by atoms with van der Waals surface area (Å²) in [5, 5.41) is 3.47. The summed E-state index contributed by atoms with van der Waals surface area (Å²) in [6.45, 7) is 3.97. The molecule has 0 aromatic heterocycles. The second-order valence-electron chi connectivity index (χ2n) is 4.01. The Morgan fingerprint density at radius 3 is 2.27 bits per heavy atom. The van der Waals surface area contributed by atoms with Crippen LogP contribution in [0.3, 0.4) is 0 Å². The van der Waals surface area contributed by atoms with Crippen molar-refractivity contribution >= 4 is 0 Å². The molecule has 0 unspecified atom stereocenters. The molecular weight excluding hydrogens is 136 g/mol.